The predicted octanol–water partition coefficient (Wildman–Crippen LogP) is 6.10. The minimum atomic E-state index is -0.719. The Morgan fingerprint density at radius 1 is 0.925 bits per heavy atom. The van der Waals surface area contributed by atoms with Gasteiger partial charge in [0.15, 0.2) is 0 Å². The Bertz CT molecular complexity index is 1380. The van der Waals surface area contributed by atoms with Crippen LogP contribution < -0.4 is 0 Å². The van der Waals surface area contributed by atoms with Crippen LogP contribution in [0, 0.1) is 0 Å². The van der Waals surface area contributed by atoms with Crippen molar-refractivity contribution in [1.82, 2.24) is 9.80 Å². The van der Waals surface area contributed by atoms with Gasteiger partial charge in [-0.05, 0) is 50.5 Å². The lowest BCUT2D eigenvalue weighted by atomic mass is 9.84. The van der Waals surface area contributed by atoms with Crippen LogP contribution in [0.15, 0.2) is 65.2 Å². The molecule has 0 fully saturated rings. The van der Waals surface area contributed by atoms with Gasteiger partial charge < -0.3 is 9.47 Å². The van der Waals surface area contributed by atoms with Crippen LogP contribution in [0.1, 0.15) is 71.7 Å². The van der Waals surface area contributed by atoms with E-state index in [1.54, 1.807) is 56.3 Å². The summed E-state index contributed by atoms with van der Waals surface area (Å²) in [5.41, 5.74) is 2.65. The van der Waals surface area contributed by atoms with E-state index in [9.17, 15) is 19.2 Å². The first-order valence-electron chi connectivity index (χ1n) is 13.0. The molecule has 2 heterocycles. The number of ether oxygens (including phenoxy) is 2. The number of imide groups is 1. The third kappa shape index (κ3) is 5.51. The maximum absolute atomic E-state index is 12.9. The maximum Gasteiger partial charge on any atom is 0.336 e. The number of halogens is 2. The molecular formula is C30H30Cl2N2O6. The summed E-state index contributed by atoms with van der Waals surface area (Å²) in [6.07, 6.45) is 3.54. The van der Waals surface area contributed by atoms with Gasteiger partial charge in [-0.3, -0.25) is 24.2 Å². The molecule has 0 saturated carbocycles. The SMILES string of the molecule is COC(=O)C1=C(C)N(C=O)C(C)=C(OCCCCCCN2C(=O)c3ccccc3C2=O)C1c1cccc(Cl)c1Cl. The highest BCUT2D eigenvalue weighted by atomic mass is 35.5. The highest BCUT2D eigenvalue weighted by Crippen LogP contribution is 2.45. The molecule has 0 aromatic heterocycles. The second-order valence-corrected chi connectivity index (χ2v) is 10.3. The van der Waals surface area contributed by atoms with Gasteiger partial charge in [0.1, 0.15) is 5.76 Å². The number of benzene rings is 2. The van der Waals surface area contributed by atoms with Crippen LogP contribution >= 0.6 is 23.2 Å². The van der Waals surface area contributed by atoms with Gasteiger partial charge in [-0.15, -0.1) is 0 Å². The molecule has 0 spiro atoms. The highest BCUT2D eigenvalue weighted by Gasteiger charge is 2.39. The summed E-state index contributed by atoms with van der Waals surface area (Å²) < 4.78 is 11.3. The Morgan fingerprint density at radius 3 is 2.20 bits per heavy atom. The van der Waals surface area contributed by atoms with E-state index in [1.807, 2.05) is 0 Å². The van der Waals surface area contributed by atoms with E-state index in [0.29, 0.717) is 71.3 Å². The minimum Gasteiger partial charge on any atom is -0.495 e. The molecular weight excluding hydrogens is 555 g/mol. The predicted molar refractivity (Wildman–Crippen MR) is 151 cm³/mol. The van der Waals surface area contributed by atoms with Crippen molar-refractivity contribution >= 4 is 47.4 Å². The molecule has 2 aromatic carbocycles. The van der Waals surface area contributed by atoms with Gasteiger partial charge in [-0.25, -0.2) is 4.79 Å². The number of methoxy groups -OCH3 is 1. The van der Waals surface area contributed by atoms with Crippen LogP contribution in [0.2, 0.25) is 10.0 Å². The summed E-state index contributed by atoms with van der Waals surface area (Å²) in [5, 5.41) is 0.610. The van der Waals surface area contributed by atoms with Gasteiger partial charge in [-0.1, -0.05) is 60.3 Å². The Morgan fingerprint density at radius 2 is 1.57 bits per heavy atom. The van der Waals surface area contributed by atoms with Gasteiger partial charge in [0, 0.05) is 12.2 Å². The number of nitrogens with zero attached hydrogens (tertiary/aromatic N) is 2. The summed E-state index contributed by atoms with van der Waals surface area (Å²) in [6, 6.07) is 12.0. The molecule has 0 bridgehead atoms. The smallest absolute Gasteiger partial charge is 0.336 e. The third-order valence-corrected chi connectivity index (χ3v) is 8.07. The standard InChI is InChI=1S/C30H30Cl2N2O6/c1-18-24(30(38)39-3)25(22-13-10-14-23(31)26(22)32)27(19(2)34(18)17-35)40-16-9-5-4-8-15-33-28(36)20-11-6-7-12-21(20)29(33)37/h6-7,10-14,17,25H,4-5,8-9,15-16H2,1-3H3. The zero-order valence-electron chi connectivity index (χ0n) is 22.5. The molecule has 2 aromatic rings. The van der Waals surface area contributed by atoms with E-state index in [-0.39, 0.29) is 22.4 Å². The number of carbonyl (C=O) groups is 4. The lowest BCUT2D eigenvalue weighted by Crippen LogP contribution is -2.32. The zero-order valence-corrected chi connectivity index (χ0v) is 24.1. The number of hydrogen-bond acceptors (Lipinski definition) is 6. The molecule has 1 unspecified atom stereocenters. The van der Waals surface area contributed by atoms with E-state index >= 15 is 0 Å². The molecule has 40 heavy (non-hydrogen) atoms. The fraction of sp³-hybridized carbons (Fsp3) is 0.333. The summed E-state index contributed by atoms with van der Waals surface area (Å²) in [7, 11) is 1.28. The van der Waals surface area contributed by atoms with Gasteiger partial charge in [0.2, 0.25) is 6.41 Å². The van der Waals surface area contributed by atoms with Crippen molar-refractivity contribution in [1.29, 1.82) is 0 Å². The molecule has 2 aliphatic heterocycles. The van der Waals surface area contributed by atoms with E-state index in [1.165, 1.54) is 16.9 Å². The van der Waals surface area contributed by atoms with E-state index < -0.39 is 11.9 Å². The largest absolute Gasteiger partial charge is 0.495 e. The zero-order chi connectivity index (χ0) is 29.0. The Balaban J connectivity index is 1.42. The number of hydrogen-bond donors (Lipinski definition) is 0. The first kappa shape index (κ1) is 29.4. The van der Waals surface area contributed by atoms with Crippen molar-refractivity contribution in [2.24, 2.45) is 0 Å². The quantitative estimate of drug-likeness (QED) is 0.137. The molecule has 210 valence electrons. The molecule has 0 saturated heterocycles. The topological polar surface area (TPSA) is 93.2 Å². The molecule has 0 N–H and O–H groups in total. The van der Waals surface area contributed by atoms with Gasteiger partial charge >= 0.3 is 5.97 Å². The number of rotatable bonds is 11. The molecule has 0 radical (unpaired) electrons. The monoisotopic (exact) mass is 584 g/mol. The Hall–Kier alpha value is -3.62. The number of esters is 1. The van der Waals surface area contributed by atoms with E-state index in [4.69, 9.17) is 32.7 Å². The Labute approximate surface area is 243 Å². The molecule has 10 heteroatoms. The average Bonchev–Trinajstić information content (AvgIpc) is 3.19. The van der Waals surface area contributed by atoms with Crippen molar-refractivity contribution in [2.45, 2.75) is 45.4 Å². The second-order valence-electron chi connectivity index (χ2n) is 9.56. The number of allylic oxidation sites excluding steroid dienone is 3. The fourth-order valence-corrected chi connectivity index (χ4v) is 5.58. The highest BCUT2D eigenvalue weighted by molar-refractivity contribution is 6.42. The van der Waals surface area contributed by atoms with Crippen LogP contribution in [0.25, 0.3) is 0 Å². The third-order valence-electron chi connectivity index (χ3n) is 7.23. The first-order valence-corrected chi connectivity index (χ1v) is 13.7. The number of amides is 3. The normalized spacial score (nSPS) is 17.0. The molecule has 2 aliphatic rings. The van der Waals surface area contributed by atoms with Gasteiger partial charge in [0.05, 0.1) is 52.1 Å². The number of fused-ring (bicyclic) bond motifs is 1. The van der Waals surface area contributed by atoms with Crippen LogP contribution in [-0.2, 0) is 19.1 Å². The molecule has 3 amide bonds. The molecule has 1 atom stereocenters. The average molecular weight is 585 g/mol. The van der Waals surface area contributed by atoms with Crippen LogP contribution in [0.3, 0.4) is 0 Å². The number of unbranched alkanes of at least 4 members (excludes halogenated alkanes) is 3. The van der Waals surface area contributed by atoms with Crippen molar-refractivity contribution in [2.75, 3.05) is 20.3 Å². The van der Waals surface area contributed by atoms with E-state index in [0.717, 1.165) is 12.8 Å². The van der Waals surface area contributed by atoms with Crippen molar-refractivity contribution in [3.05, 3.63) is 91.9 Å². The lowest BCUT2D eigenvalue weighted by Gasteiger charge is -2.35. The summed E-state index contributed by atoms with van der Waals surface area (Å²) >= 11 is 12.9. The van der Waals surface area contributed by atoms with Crippen molar-refractivity contribution in [3.63, 3.8) is 0 Å². The van der Waals surface area contributed by atoms with Crippen LogP contribution in [0.4, 0.5) is 0 Å². The van der Waals surface area contributed by atoms with Crippen LogP contribution in [-0.4, -0.2) is 54.3 Å². The molecule has 4 rings (SSSR count). The number of carbonyl (C=O) groups excluding carboxylic acids is 4. The minimum absolute atomic E-state index is 0.236. The van der Waals surface area contributed by atoms with E-state index in [2.05, 4.69) is 0 Å². The molecule has 0 aliphatic carbocycles. The second kappa shape index (κ2) is 12.7. The lowest BCUT2D eigenvalue weighted by molar-refractivity contribution is -0.136. The summed E-state index contributed by atoms with van der Waals surface area (Å²) in [4.78, 5) is 52.6. The van der Waals surface area contributed by atoms with Crippen molar-refractivity contribution < 1.29 is 28.7 Å². The summed E-state index contributed by atoms with van der Waals surface area (Å²) in [5.74, 6) is -1.41. The van der Waals surface area contributed by atoms with Gasteiger partial charge in [-0.2, -0.15) is 0 Å². The Kier molecular flexibility index (Phi) is 9.32. The maximum atomic E-state index is 12.9. The summed E-state index contributed by atoms with van der Waals surface area (Å²) in [6.45, 7) is 4.08. The molecule has 8 nitrogen and oxygen atoms in total. The fourth-order valence-electron chi connectivity index (χ4n) is 5.16. The van der Waals surface area contributed by atoms with Gasteiger partial charge in [0.25, 0.3) is 11.8 Å². The first-order chi connectivity index (χ1) is 19.2. The van der Waals surface area contributed by atoms with Crippen molar-refractivity contribution in [3.8, 4) is 0 Å². The van der Waals surface area contributed by atoms with Crippen LogP contribution in [0.5, 0.6) is 0 Å².